The lowest BCUT2D eigenvalue weighted by Crippen LogP contribution is -2.13. The fourth-order valence-corrected chi connectivity index (χ4v) is 1.35. The first-order valence-electron chi connectivity index (χ1n) is 5.32. The third-order valence-electron chi connectivity index (χ3n) is 2.13. The van der Waals surface area contributed by atoms with E-state index in [1.165, 1.54) is 0 Å². The minimum absolute atomic E-state index is 0.585. The van der Waals surface area contributed by atoms with Crippen molar-refractivity contribution in [2.24, 2.45) is 7.05 Å². The van der Waals surface area contributed by atoms with E-state index in [0.29, 0.717) is 18.3 Å². The molecule has 86 valence electrons. The molecule has 2 aromatic rings. The highest BCUT2D eigenvalue weighted by molar-refractivity contribution is 5.50. The molecule has 0 spiro atoms. The maximum Gasteiger partial charge on any atom is 0.240 e. The highest BCUT2D eigenvalue weighted by Gasteiger charge is 2.09. The van der Waals surface area contributed by atoms with Gasteiger partial charge in [0.2, 0.25) is 11.7 Å². The molecule has 0 fully saturated rings. The van der Waals surface area contributed by atoms with Crippen molar-refractivity contribution in [3.05, 3.63) is 18.3 Å². The summed E-state index contributed by atoms with van der Waals surface area (Å²) >= 11 is 0. The van der Waals surface area contributed by atoms with Gasteiger partial charge in [-0.1, -0.05) is 12.1 Å². The molecule has 2 heterocycles. The van der Waals surface area contributed by atoms with Crippen LogP contribution in [0.2, 0.25) is 0 Å². The minimum atomic E-state index is 0.585. The normalized spacial score (nSPS) is 10.9. The van der Waals surface area contributed by atoms with Crippen LogP contribution in [0.1, 0.15) is 19.2 Å². The Hall–Kier alpha value is -1.69. The van der Waals surface area contributed by atoms with Crippen LogP contribution in [-0.4, -0.2) is 26.5 Å². The topological polar surface area (TPSA) is 68.8 Å². The molecule has 0 amide bonds. The molecule has 0 saturated carbocycles. The number of hydrogen-bond donors (Lipinski definition) is 1. The average molecular weight is 221 g/mol. The molecule has 0 aliphatic rings. The molecule has 0 unspecified atom stereocenters. The maximum absolute atomic E-state index is 5.11. The summed E-state index contributed by atoms with van der Waals surface area (Å²) < 4.78 is 6.82. The van der Waals surface area contributed by atoms with E-state index in [1.54, 1.807) is 10.9 Å². The van der Waals surface area contributed by atoms with E-state index in [1.807, 2.05) is 13.2 Å². The van der Waals surface area contributed by atoms with Crippen LogP contribution in [-0.2, 0) is 13.6 Å². The SMILES string of the molecule is CCCNCc1nc(-c2cnn(C)c2)no1. The van der Waals surface area contributed by atoms with Gasteiger partial charge in [0, 0.05) is 13.2 Å². The lowest BCUT2D eigenvalue weighted by molar-refractivity contribution is 0.368. The molecule has 6 heteroatoms. The van der Waals surface area contributed by atoms with Crippen molar-refractivity contribution in [2.75, 3.05) is 6.54 Å². The second-order valence-electron chi connectivity index (χ2n) is 3.59. The molecule has 16 heavy (non-hydrogen) atoms. The predicted octanol–water partition coefficient (Wildman–Crippen LogP) is 0.970. The van der Waals surface area contributed by atoms with Gasteiger partial charge in [0.25, 0.3) is 0 Å². The van der Waals surface area contributed by atoms with E-state index in [-0.39, 0.29) is 0 Å². The largest absolute Gasteiger partial charge is 0.338 e. The number of hydrogen-bond acceptors (Lipinski definition) is 5. The summed E-state index contributed by atoms with van der Waals surface area (Å²) in [6.45, 7) is 3.67. The monoisotopic (exact) mass is 221 g/mol. The summed E-state index contributed by atoms with van der Waals surface area (Å²) in [5.74, 6) is 1.19. The molecule has 0 aromatic carbocycles. The van der Waals surface area contributed by atoms with Gasteiger partial charge in [-0.15, -0.1) is 0 Å². The van der Waals surface area contributed by atoms with Crippen molar-refractivity contribution in [1.82, 2.24) is 25.2 Å². The molecule has 0 atom stereocenters. The van der Waals surface area contributed by atoms with E-state index in [2.05, 4.69) is 27.5 Å². The van der Waals surface area contributed by atoms with E-state index in [4.69, 9.17) is 4.52 Å². The molecule has 0 aliphatic carbocycles. The van der Waals surface area contributed by atoms with Crippen molar-refractivity contribution in [3.63, 3.8) is 0 Å². The molecular weight excluding hydrogens is 206 g/mol. The molecule has 0 radical (unpaired) electrons. The second-order valence-corrected chi connectivity index (χ2v) is 3.59. The van der Waals surface area contributed by atoms with Crippen LogP contribution in [0.15, 0.2) is 16.9 Å². The zero-order chi connectivity index (χ0) is 11.4. The Bertz CT molecular complexity index is 448. The van der Waals surface area contributed by atoms with Gasteiger partial charge >= 0.3 is 0 Å². The Kier molecular flexibility index (Phi) is 3.31. The number of rotatable bonds is 5. The fourth-order valence-electron chi connectivity index (χ4n) is 1.35. The fraction of sp³-hybridized carbons (Fsp3) is 0.500. The zero-order valence-corrected chi connectivity index (χ0v) is 9.47. The summed E-state index contributed by atoms with van der Waals surface area (Å²) in [6.07, 6.45) is 4.66. The Morgan fingerprint density at radius 2 is 2.38 bits per heavy atom. The molecule has 6 nitrogen and oxygen atoms in total. The van der Waals surface area contributed by atoms with Gasteiger partial charge in [-0.2, -0.15) is 10.1 Å². The van der Waals surface area contributed by atoms with E-state index >= 15 is 0 Å². The van der Waals surface area contributed by atoms with Crippen LogP contribution in [0.25, 0.3) is 11.4 Å². The third kappa shape index (κ3) is 2.46. The molecule has 0 bridgehead atoms. The summed E-state index contributed by atoms with van der Waals surface area (Å²) in [5, 5.41) is 11.2. The molecular formula is C10H15N5O. The number of aromatic nitrogens is 4. The Labute approximate surface area is 93.7 Å². The van der Waals surface area contributed by atoms with Gasteiger partial charge in [-0.05, 0) is 13.0 Å². The van der Waals surface area contributed by atoms with Crippen molar-refractivity contribution in [1.29, 1.82) is 0 Å². The number of nitrogens with zero attached hydrogens (tertiary/aromatic N) is 4. The van der Waals surface area contributed by atoms with Crippen LogP contribution < -0.4 is 5.32 Å². The Morgan fingerprint density at radius 1 is 1.50 bits per heavy atom. The van der Waals surface area contributed by atoms with Crippen molar-refractivity contribution in [3.8, 4) is 11.4 Å². The number of nitrogens with one attached hydrogen (secondary N) is 1. The second kappa shape index (κ2) is 4.89. The maximum atomic E-state index is 5.11. The Balaban J connectivity index is 2.02. The lowest BCUT2D eigenvalue weighted by atomic mass is 10.3. The van der Waals surface area contributed by atoms with Gasteiger partial charge in [-0.25, -0.2) is 0 Å². The molecule has 1 N–H and O–H groups in total. The number of aryl methyl sites for hydroxylation is 1. The minimum Gasteiger partial charge on any atom is -0.338 e. The van der Waals surface area contributed by atoms with E-state index < -0.39 is 0 Å². The zero-order valence-electron chi connectivity index (χ0n) is 9.47. The molecule has 0 saturated heterocycles. The van der Waals surface area contributed by atoms with Gasteiger partial charge in [-0.3, -0.25) is 4.68 Å². The van der Waals surface area contributed by atoms with E-state index in [9.17, 15) is 0 Å². The van der Waals surface area contributed by atoms with Crippen LogP contribution in [0.3, 0.4) is 0 Å². The highest BCUT2D eigenvalue weighted by atomic mass is 16.5. The van der Waals surface area contributed by atoms with Crippen LogP contribution in [0.4, 0.5) is 0 Å². The van der Waals surface area contributed by atoms with Crippen molar-refractivity contribution >= 4 is 0 Å². The molecule has 2 aromatic heterocycles. The highest BCUT2D eigenvalue weighted by Crippen LogP contribution is 2.13. The van der Waals surface area contributed by atoms with Gasteiger partial charge in [0.1, 0.15) is 0 Å². The molecule has 2 rings (SSSR count). The Morgan fingerprint density at radius 3 is 3.06 bits per heavy atom. The first-order chi connectivity index (χ1) is 7.79. The van der Waals surface area contributed by atoms with E-state index in [0.717, 1.165) is 18.5 Å². The van der Waals surface area contributed by atoms with Crippen LogP contribution in [0, 0.1) is 0 Å². The summed E-state index contributed by atoms with van der Waals surface area (Å²) in [5.41, 5.74) is 0.869. The molecule has 0 aliphatic heterocycles. The van der Waals surface area contributed by atoms with Gasteiger partial charge in [0.15, 0.2) is 0 Å². The van der Waals surface area contributed by atoms with Crippen LogP contribution in [0.5, 0.6) is 0 Å². The summed E-state index contributed by atoms with van der Waals surface area (Å²) in [7, 11) is 1.85. The lowest BCUT2D eigenvalue weighted by Gasteiger charge is -1.95. The summed E-state index contributed by atoms with van der Waals surface area (Å²) in [4.78, 5) is 4.27. The standard InChI is InChI=1S/C10H15N5O/c1-3-4-11-6-9-13-10(14-16-9)8-5-12-15(2)7-8/h5,7,11H,3-4,6H2,1-2H3. The van der Waals surface area contributed by atoms with Crippen molar-refractivity contribution in [2.45, 2.75) is 19.9 Å². The van der Waals surface area contributed by atoms with Crippen LogP contribution >= 0.6 is 0 Å². The predicted molar refractivity (Wildman–Crippen MR) is 58.5 cm³/mol. The van der Waals surface area contributed by atoms with Gasteiger partial charge < -0.3 is 9.84 Å². The smallest absolute Gasteiger partial charge is 0.240 e. The quantitative estimate of drug-likeness (QED) is 0.762. The first kappa shape index (κ1) is 10.8. The first-order valence-corrected chi connectivity index (χ1v) is 5.32. The third-order valence-corrected chi connectivity index (χ3v) is 2.13. The summed E-state index contributed by atoms with van der Waals surface area (Å²) in [6, 6.07) is 0. The van der Waals surface area contributed by atoms with Crippen molar-refractivity contribution < 1.29 is 4.52 Å². The average Bonchev–Trinajstić information content (AvgIpc) is 2.87. The van der Waals surface area contributed by atoms with Gasteiger partial charge in [0.05, 0.1) is 18.3 Å².